The largest absolute Gasteiger partial charge is 0.352 e. The number of aromatic nitrogens is 2. The predicted molar refractivity (Wildman–Crippen MR) is 141 cm³/mol. The molecule has 3 aromatic rings. The fourth-order valence-corrected chi connectivity index (χ4v) is 4.23. The van der Waals surface area contributed by atoms with Gasteiger partial charge in [-0.3, -0.25) is 14.6 Å². The van der Waals surface area contributed by atoms with E-state index in [9.17, 15) is 0 Å². The zero-order valence-corrected chi connectivity index (χ0v) is 21.1. The van der Waals surface area contributed by atoms with Crippen LogP contribution in [0.1, 0.15) is 30.0 Å². The first-order valence-electron chi connectivity index (χ1n) is 11.0. The summed E-state index contributed by atoms with van der Waals surface area (Å²) in [4.78, 5) is 6.99. The van der Waals surface area contributed by atoms with Gasteiger partial charge in [0.15, 0.2) is 5.96 Å². The van der Waals surface area contributed by atoms with Gasteiger partial charge in [-0.2, -0.15) is 5.10 Å². The number of hydrogen-bond donors (Lipinski definition) is 2. The molecule has 0 radical (unpaired) electrons. The second kappa shape index (κ2) is 12.0. The lowest BCUT2D eigenvalue weighted by molar-refractivity contribution is 0.258. The lowest BCUT2D eigenvalue weighted by Crippen LogP contribution is -2.44. The van der Waals surface area contributed by atoms with Crippen LogP contribution < -0.4 is 10.6 Å². The molecule has 1 aliphatic heterocycles. The molecule has 0 amide bonds. The maximum absolute atomic E-state index is 4.45. The van der Waals surface area contributed by atoms with E-state index in [1.54, 1.807) is 0 Å². The quantitative estimate of drug-likeness (QED) is 0.270. The molecule has 4 rings (SSSR count). The lowest BCUT2D eigenvalue weighted by atomic mass is 10.1. The minimum Gasteiger partial charge on any atom is -0.352 e. The fraction of sp³-hybridized carbons (Fsp3) is 0.360. The third kappa shape index (κ3) is 6.80. The van der Waals surface area contributed by atoms with Crippen molar-refractivity contribution in [3.05, 3.63) is 89.7 Å². The minimum atomic E-state index is 0. The molecule has 2 unspecified atom stereocenters. The Hall–Kier alpha value is -2.39. The summed E-state index contributed by atoms with van der Waals surface area (Å²) in [7, 11) is 1.84. The van der Waals surface area contributed by atoms with Crippen LogP contribution in [0.15, 0.2) is 78.0 Å². The van der Waals surface area contributed by atoms with Crippen LogP contribution in [0.5, 0.6) is 0 Å². The van der Waals surface area contributed by atoms with Gasteiger partial charge in [-0.05, 0) is 36.1 Å². The van der Waals surface area contributed by atoms with Crippen molar-refractivity contribution in [1.29, 1.82) is 0 Å². The first-order chi connectivity index (χ1) is 15.2. The van der Waals surface area contributed by atoms with E-state index in [4.69, 9.17) is 0 Å². The van der Waals surface area contributed by atoms with Crippen molar-refractivity contribution < 1.29 is 0 Å². The maximum Gasteiger partial charge on any atom is 0.191 e. The van der Waals surface area contributed by atoms with E-state index in [-0.39, 0.29) is 24.0 Å². The smallest absolute Gasteiger partial charge is 0.191 e. The van der Waals surface area contributed by atoms with E-state index in [1.807, 2.05) is 30.2 Å². The molecule has 1 aromatic heterocycles. The number of likely N-dealkylation sites (tertiary alicyclic amines) is 1. The van der Waals surface area contributed by atoms with Gasteiger partial charge in [-0.15, -0.1) is 24.0 Å². The molecule has 0 aliphatic carbocycles. The van der Waals surface area contributed by atoms with E-state index < -0.39 is 0 Å². The number of nitrogens with one attached hydrogen (secondary N) is 2. The molecule has 6 nitrogen and oxygen atoms in total. The van der Waals surface area contributed by atoms with Crippen LogP contribution >= 0.6 is 24.0 Å². The average Bonchev–Trinajstić information content (AvgIpc) is 3.42. The molecule has 1 fully saturated rings. The van der Waals surface area contributed by atoms with Gasteiger partial charge in [-0.1, -0.05) is 54.6 Å². The first-order valence-corrected chi connectivity index (χ1v) is 11.0. The molecule has 7 heteroatoms. The van der Waals surface area contributed by atoms with Crippen LogP contribution in [0, 0.1) is 0 Å². The summed E-state index contributed by atoms with van der Waals surface area (Å²) in [6.45, 7) is 5.85. The molecule has 1 aliphatic rings. The van der Waals surface area contributed by atoms with Gasteiger partial charge < -0.3 is 10.6 Å². The molecule has 2 aromatic carbocycles. The lowest BCUT2D eigenvalue weighted by Gasteiger charge is -2.21. The Morgan fingerprint density at radius 2 is 1.81 bits per heavy atom. The zero-order valence-electron chi connectivity index (χ0n) is 18.8. The maximum atomic E-state index is 4.45. The summed E-state index contributed by atoms with van der Waals surface area (Å²) >= 11 is 0. The van der Waals surface area contributed by atoms with Crippen LogP contribution in [0.25, 0.3) is 0 Å². The highest BCUT2D eigenvalue weighted by Crippen LogP contribution is 2.20. The summed E-state index contributed by atoms with van der Waals surface area (Å²) in [5, 5.41) is 11.4. The average molecular weight is 544 g/mol. The van der Waals surface area contributed by atoms with Crippen LogP contribution in [-0.4, -0.2) is 46.3 Å². The van der Waals surface area contributed by atoms with Gasteiger partial charge in [0.05, 0.1) is 6.54 Å². The summed E-state index contributed by atoms with van der Waals surface area (Å²) < 4.78 is 1.94. The number of aliphatic imine (C=N–C) groups is 1. The van der Waals surface area contributed by atoms with Gasteiger partial charge in [-0.25, -0.2) is 0 Å². The van der Waals surface area contributed by atoms with Gasteiger partial charge >= 0.3 is 0 Å². The monoisotopic (exact) mass is 544 g/mol. The third-order valence-corrected chi connectivity index (χ3v) is 5.85. The predicted octanol–water partition coefficient (Wildman–Crippen LogP) is 3.88. The molecule has 2 heterocycles. The number of guanidine groups is 1. The Kier molecular flexibility index (Phi) is 9.11. The van der Waals surface area contributed by atoms with Crippen molar-refractivity contribution in [1.82, 2.24) is 25.3 Å². The number of nitrogens with zero attached hydrogens (tertiary/aromatic N) is 4. The normalized spacial score (nSPS) is 18.9. The second-order valence-corrected chi connectivity index (χ2v) is 8.29. The van der Waals surface area contributed by atoms with E-state index in [1.165, 1.54) is 16.7 Å². The van der Waals surface area contributed by atoms with E-state index >= 15 is 0 Å². The van der Waals surface area contributed by atoms with Crippen molar-refractivity contribution in [3.8, 4) is 0 Å². The summed E-state index contributed by atoms with van der Waals surface area (Å²) in [5.41, 5.74) is 3.85. The Morgan fingerprint density at radius 1 is 1.03 bits per heavy atom. The molecule has 32 heavy (non-hydrogen) atoms. The molecule has 0 spiro atoms. The summed E-state index contributed by atoms with van der Waals surface area (Å²) in [6, 6.07) is 22.2. The third-order valence-electron chi connectivity index (χ3n) is 5.85. The molecule has 170 valence electrons. The van der Waals surface area contributed by atoms with Gasteiger partial charge in [0.1, 0.15) is 0 Å². The minimum absolute atomic E-state index is 0. The topological polar surface area (TPSA) is 57.5 Å². The molecule has 2 N–H and O–H groups in total. The van der Waals surface area contributed by atoms with Crippen LogP contribution in [0.3, 0.4) is 0 Å². The van der Waals surface area contributed by atoms with E-state index in [0.29, 0.717) is 12.1 Å². The van der Waals surface area contributed by atoms with Crippen LogP contribution in [0.4, 0.5) is 0 Å². The Balaban J connectivity index is 0.00000289. The Labute approximate surface area is 208 Å². The van der Waals surface area contributed by atoms with Crippen molar-refractivity contribution in [2.24, 2.45) is 4.99 Å². The number of hydrogen-bond acceptors (Lipinski definition) is 3. The number of halogens is 1. The molecule has 0 saturated carbocycles. The van der Waals surface area contributed by atoms with E-state index in [0.717, 1.165) is 38.6 Å². The standard InChI is InChI=1S/C25H32N6.HI/c1-20-14-24(19-30(20)17-21-8-4-3-5-9-21)29-25(26-2)27-16-22-10-6-11-23(15-22)18-31-13-7-12-28-31;/h3-13,15,20,24H,14,16-19H2,1-2H3,(H2,26,27,29);1H. The van der Waals surface area contributed by atoms with Crippen molar-refractivity contribution in [2.45, 2.75) is 45.1 Å². The van der Waals surface area contributed by atoms with Gasteiger partial charge in [0.2, 0.25) is 0 Å². The number of benzene rings is 2. The molecular formula is C25H33IN6. The zero-order chi connectivity index (χ0) is 21.5. The van der Waals surface area contributed by atoms with Crippen molar-refractivity contribution in [2.75, 3.05) is 13.6 Å². The van der Waals surface area contributed by atoms with Crippen LogP contribution in [-0.2, 0) is 19.6 Å². The highest BCUT2D eigenvalue weighted by atomic mass is 127. The Bertz CT molecular complexity index is 973. The summed E-state index contributed by atoms with van der Waals surface area (Å²) in [5.74, 6) is 0.858. The molecular weight excluding hydrogens is 511 g/mol. The van der Waals surface area contributed by atoms with Crippen LogP contribution in [0.2, 0.25) is 0 Å². The van der Waals surface area contributed by atoms with Crippen molar-refractivity contribution >= 4 is 29.9 Å². The molecule has 2 atom stereocenters. The molecule has 0 bridgehead atoms. The summed E-state index contributed by atoms with van der Waals surface area (Å²) in [6.07, 6.45) is 4.92. The highest BCUT2D eigenvalue weighted by molar-refractivity contribution is 14.0. The van der Waals surface area contributed by atoms with Crippen molar-refractivity contribution in [3.63, 3.8) is 0 Å². The first kappa shape index (κ1) is 24.3. The number of rotatable bonds is 7. The molecule has 1 saturated heterocycles. The second-order valence-electron chi connectivity index (χ2n) is 8.29. The SMILES string of the molecule is CN=C(NCc1cccc(Cn2cccn2)c1)NC1CC(C)N(Cc2ccccc2)C1.I. The Morgan fingerprint density at radius 3 is 2.56 bits per heavy atom. The van der Waals surface area contributed by atoms with Gasteiger partial charge in [0, 0.05) is 51.2 Å². The fourth-order valence-electron chi connectivity index (χ4n) is 4.23. The van der Waals surface area contributed by atoms with E-state index in [2.05, 4.69) is 87.1 Å². The van der Waals surface area contributed by atoms with Gasteiger partial charge in [0.25, 0.3) is 0 Å². The highest BCUT2D eigenvalue weighted by Gasteiger charge is 2.29.